The fourth-order valence-corrected chi connectivity index (χ4v) is 4.02. The van der Waals surface area contributed by atoms with Crippen LogP contribution in [0.3, 0.4) is 0 Å². The Bertz CT molecular complexity index is 430. The Morgan fingerprint density at radius 3 is 1.83 bits per heavy atom. The van der Waals surface area contributed by atoms with Gasteiger partial charge in [0, 0.05) is 12.8 Å². The Hall–Kier alpha value is -0.690. The number of aliphatic hydroxyl groups excluding tert-OH is 2. The molecule has 6 nitrogen and oxygen atoms in total. The van der Waals surface area contributed by atoms with Crippen LogP contribution in [0.2, 0.25) is 0 Å². The lowest BCUT2D eigenvalue weighted by Crippen LogP contribution is -2.48. The van der Waals surface area contributed by atoms with E-state index in [0.717, 1.165) is 25.7 Å². The lowest BCUT2D eigenvalue weighted by Gasteiger charge is -2.36. The maximum Gasteiger partial charge on any atom is 0.303 e. The number of ether oxygens (including phenoxy) is 2. The Kier molecular flexibility index (Phi) is 15.4. The molecule has 3 N–H and O–H groups in total. The smallest absolute Gasteiger partial charge is 0.303 e. The number of hydrogen-bond acceptors (Lipinski definition) is 5. The fraction of sp³-hybridized carbons (Fsp3) is 0.958. The maximum atomic E-state index is 10.4. The van der Waals surface area contributed by atoms with Crippen LogP contribution in [-0.2, 0) is 14.3 Å². The third-order valence-corrected chi connectivity index (χ3v) is 6.06. The highest BCUT2D eigenvalue weighted by molar-refractivity contribution is 5.66. The minimum atomic E-state index is -0.754. The molecule has 30 heavy (non-hydrogen) atoms. The van der Waals surface area contributed by atoms with Crippen LogP contribution in [0, 0.1) is 0 Å². The third kappa shape index (κ3) is 13.6. The summed E-state index contributed by atoms with van der Waals surface area (Å²) in [6.45, 7) is 3.83. The van der Waals surface area contributed by atoms with Crippen LogP contribution >= 0.6 is 0 Å². The SMILES string of the molecule is CC(CCCCCCCCCCCCCCCC(=O)O)OC1OC(C)C(O)CC1O. The summed E-state index contributed by atoms with van der Waals surface area (Å²) in [5.74, 6) is -0.678. The van der Waals surface area contributed by atoms with Crippen molar-refractivity contribution in [2.75, 3.05) is 0 Å². The van der Waals surface area contributed by atoms with Gasteiger partial charge >= 0.3 is 5.97 Å². The summed E-state index contributed by atoms with van der Waals surface area (Å²) in [4.78, 5) is 10.4. The molecule has 0 radical (unpaired) electrons. The number of aliphatic hydroxyl groups is 2. The van der Waals surface area contributed by atoms with Gasteiger partial charge in [-0.3, -0.25) is 4.79 Å². The van der Waals surface area contributed by atoms with Crippen molar-refractivity contribution in [1.82, 2.24) is 0 Å². The summed E-state index contributed by atoms with van der Waals surface area (Å²) in [5, 5.41) is 28.3. The van der Waals surface area contributed by atoms with E-state index in [1.165, 1.54) is 64.2 Å². The molecule has 1 saturated heterocycles. The van der Waals surface area contributed by atoms with Crippen molar-refractivity contribution in [1.29, 1.82) is 0 Å². The van der Waals surface area contributed by atoms with Crippen molar-refractivity contribution in [2.45, 2.75) is 147 Å². The molecule has 1 fully saturated rings. The fourth-order valence-electron chi connectivity index (χ4n) is 4.02. The Morgan fingerprint density at radius 2 is 1.33 bits per heavy atom. The molecule has 6 heteroatoms. The first-order chi connectivity index (χ1) is 14.4. The van der Waals surface area contributed by atoms with E-state index in [4.69, 9.17) is 14.6 Å². The predicted molar refractivity (Wildman–Crippen MR) is 118 cm³/mol. The normalized spacial score (nSPS) is 25.3. The molecule has 0 aromatic rings. The van der Waals surface area contributed by atoms with Gasteiger partial charge in [-0.1, -0.05) is 77.0 Å². The third-order valence-electron chi connectivity index (χ3n) is 6.06. The maximum absolute atomic E-state index is 10.4. The minimum absolute atomic E-state index is 0.0521. The van der Waals surface area contributed by atoms with Crippen molar-refractivity contribution in [2.24, 2.45) is 0 Å². The Labute approximate surface area is 183 Å². The summed E-state index contributed by atoms with van der Waals surface area (Å²) in [5.41, 5.74) is 0. The van der Waals surface area contributed by atoms with Crippen LogP contribution in [0.5, 0.6) is 0 Å². The van der Waals surface area contributed by atoms with E-state index in [-0.39, 0.29) is 12.2 Å². The molecule has 0 bridgehead atoms. The van der Waals surface area contributed by atoms with Gasteiger partial charge in [0.25, 0.3) is 0 Å². The monoisotopic (exact) mass is 430 g/mol. The van der Waals surface area contributed by atoms with Gasteiger partial charge in [0.05, 0.1) is 18.3 Å². The predicted octanol–water partition coefficient (Wildman–Crippen LogP) is 5.18. The molecule has 0 aromatic heterocycles. The van der Waals surface area contributed by atoms with Gasteiger partial charge in [-0.25, -0.2) is 0 Å². The van der Waals surface area contributed by atoms with Gasteiger partial charge in [0.2, 0.25) is 0 Å². The van der Waals surface area contributed by atoms with Crippen LogP contribution in [-0.4, -0.2) is 52.0 Å². The van der Waals surface area contributed by atoms with E-state index in [1.807, 2.05) is 13.8 Å². The highest BCUT2D eigenvalue weighted by Gasteiger charge is 2.35. The average molecular weight is 431 g/mol. The van der Waals surface area contributed by atoms with E-state index in [2.05, 4.69) is 0 Å². The lowest BCUT2D eigenvalue weighted by atomic mass is 10.0. The molecule has 1 rings (SSSR count). The largest absolute Gasteiger partial charge is 0.481 e. The molecule has 1 aliphatic rings. The number of carboxylic acid groups (broad SMARTS) is 1. The zero-order valence-corrected chi connectivity index (χ0v) is 19.3. The number of unbranched alkanes of at least 4 members (excludes halogenated alkanes) is 12. The highest BCUT2D eigenvalue weighted by atomic mass is 16.7. The summed E-state index contributed by atoms with van der Waals surface area (Å²) >= 11 is 0. The molecule has 178 valence electrons. The van der Waals surface area contributed by atoms with Crippen LogP contribution in [0.15, 0.2) is 0 Å². The molecule has 5 unspecified atom stereocenters. The molecular weight excluding hydrogens is 384 g/mol. The summed E-state index contributed by atoms with van der Waals surface area (Å²) in [7, 11) is 0. The number of rotatable bonds is 18. The average Bonchev–Trinajstić information content (AvgIpc) is 2.68. The Morgan fingerprint density at radius 1 is 0.867 bits per heavy atom. The van der Waals surface area contributed by atoms with Gasteiger partial charge in [0.1, 0.15) is 6.10 Å². The van der Waals surface area contributed by atoms with E-state index in [0.29, 0.717) is 12.8 Å². The molecule has 0 spiro atoms. The van der Waals surface area contributed by atoms with Gasteiger partial charge in [-0.2, -0.15) is 0 Å². The van der Waals surface area contributed by atoms with E-state index in [1.54, 1.807) is 0 Å². The van der Waals surface area contributed by atoms with Crippen LogP contribution in [0.1, 0.15) is 117 Å². The van der Waals surface area contributed by atoms with E-state index >= 15 is 0 Å². The van der Waals surface area contributed by atoms with Gasteiger partial charge in [0.15, 0.2) is 6.29 Å². The van der Waals surface area contributed by atoms with Crippen molar-refractivity contribution >= 4 is 5.97 Å². The van der Waals surface area contributed by atoms with Crippen molar-refractivity contribution < 1.29 is 29.6 Å². The van der Waals surface area contributed by atoms with Gasteiger partial charge in [-0.05, 0) is 26.7 Å². The second-order valence-corrected chi connectivity index (χ2v) is 9.06. The van der Waals surface area contributed by atoms with Crippen LogP contribution < -0.4 is 0 Å². The number of carbonyl (C=O) groups is 1. The molecule has 0 amide bonds. The van der Waals surface area contributed by atoms with Crippen LogP contribution in [0.4, 0.5) is 0 Å². The van der Waals surface area contributed by atoms with E-state index < -0.39 is 24.5 Å². The molecule has 0 saturated carbocycles. The van der Waals surface area contributed by atoms with Crippen molar-refractivity contribution in [3.05, 3.63) is 0 Å². The summed E-state index contributed by atoms with van der Waals surface area (Å²) in [6.07, 6.45) is 15.1. The van der Waals surface area contributed by atoms with E-state index in [9.17, 15) is 15.0 Å². The molecular formula is C24H46O6. The van der Waals surface area contributed by atoms with Gasteiger partial charge < -0.3 is 24.8 Å². The topological polar surface area (TPSA) is 96.2 Å². The van der Waals surface area contributed by atoms with Gasteiger partial charge in [-0.15, -0.1) is 0 Å². The van der Waals surface area contributed by atoms with Crippen molar-refractivity contribution in [3.8, 4) is 0 Å². The number of carboxylic acids is 1. The second-order valence-electron chi connectivity index (χ2n) is 9.06. The number of hydrogen-bond donors (Lipinski definition) is 3. The summed E-state index contributed by atoms with van der Waals surface area (Å²) in [6, 6.07) is 0. The molecule has 1 heterocycles. The molecule has 0 aliphatic carbocycles. The molecule has 1 aliphatic heterocycles. The first-order valence-corrected chi connectivity index (χ1v) is 12.3. The van der Waals surface area contributed by atoms with Crippen LogP contribution in [0.25, 0.3) is 0 Å². The zero-order valence-electron chi connectivity index (χ0n) is 19.3. The molecule has 5 atom stereocenters. The molecule has 0 aromatic carbocycles. The summed E-state index contributed by atoms with van der Waals surface area (Å²) < 4.78 is 11.4. The zero-order chi connectivity index (χ0) is 22.2. The second kappa shape index (κ2) is 16.9. The first kappa shape index (κ1) is 27.3. The highest BCUT2D eigenvalue weighted by Crippen LogP contribution is 2.23. The lowest BCUT2D eigenvalue weighted by molar-refractivity contribution is -0.273. The quantitative estimate of drug-likeness (QED) is 0.259. The first-order valence-electron chi connectivity index (χ1n) is 12.3. The van der Waals surface area contributed by atoms with Crippen molar-refractivity contribution in [3.63, 3.8) is 0 Å². The minimum Gasteiger partial charge on any atom is -0.481 e. The standard InChI is InChI=1S/C24H46O6/c1-19(29-24-22(26)18-21(25)20(2)30-24)16-14-12-10-8-6-4-3-5-7-9-11-13-15-17-23(27)28/h19-22,24-26H,3-18H2,1-2H3,(H,27,28). The Balaban J connectivity index is 1.84. The number of aliphatic carboxylic acids is 1.